The molecular weight excluding hydrogens is 230 g/mol. The van der Waals surface area contributed by atoms with Crippen LogP contribution in [0.15, 0.2) is 36.5 Å². The van der Waals surface area contributed by atoms with Crippen molar-refractivity contribution in [1.29, 1.82) is 0 Å². The van der Waals surface area contributed by atoms with Crippen molar-refractivity contribution in [3.8, 4) is 11.6 Å². The first-order chi connectivity index (χ1) is 8.72. The maximum atomic E-state index is 10.6. The van der Waals surface area contributed by atoms with Gasteiger partial charge in [0.15, 0.2) is 6.29 Å². The number of pyridine rings is 1. The van der Waals surface area contributed by atoms with E-state index in [0.29, 0.717) is 17.2 Å². The quantitative estimate of drug-likeness (QED) is 0.838. The third kappa shape index (κ3) is 2.73. The van der Waals surface area contributed by atoms with Gasteiger partial charge in [-0.15, -0.1) is 0 Å². The molecule has 1 aromatic carbocycles. The molecule has 2 rings (SSSR count). The van der Waals surface area contributed by atoms with E-state index >= 15 is 0 Å². The second-order valence-corrected chi connectivity index (χ2v) is 3.91. The SMILES string of the molecule is Cc1cc(C=O)cnc1Oc1ccc(CO)cc1. The second-order valence-electron chi connectivity index (χ2n) is 3.91. The molecule has 0 aliphatic rings. The zero-order valence-electron chi connectivity index (χ0n) is 9.96. The van der Waals surface area contributed by atoms with Gasteiger partial charge in [0.25, 0.3) is 0 Å². The van der Waals surface area contributed by atoms with Crippen LogP contribution in [0.4, 0.5) is 0 Å². The topological polar surface area (TPSA) is 59.4 Å². The molecule has 92 valence electrons. The Bertz CT molecular complexity index is 549. The molecule has 1 aromatic heterocycles. The van der Waals surface area contributed by atoms with Gasteiger partial charge in [0, 0.05) is 17.3 Å². The van der Waals surface area contributed by atoms with Crippen LogP contribution < -0.4 is 4.74 Å². The number of rotatable bonds is 4. The van der Waals surface area contributed by atoms with Gasteiger partial charge in [-0.25, -0.2) is 4.98 Å². The minimum atomic E-state index is 0.00555. The molecule has 0 atom stereocenters. The van der Waals surface area contributed by atoms with Crippen LogP contribution in [0.1, 0.15) is 21.5 Å². The highest BCUT2D eigenvalue weighted by atomic mass is 16.5. The van der Waals surface area contributed by atoms with Gasteiger partial charge < -0.3 is 9.84 Å². The van der Waals surface area contributed by atoms with Crippen molar-refractivity contribution in [2.24, 2.45) is 0 Å². The molecule has 0 amide bonds. The number of carbonyl (C=O) groups excluding carboxylic acids is 1. The van der Waals surface area contributed by atoms with E-state index in [1.54, 1.807) is 30.3 Å². The fourth-order valence-corrected chi connectivity index (χ4v) is 1.53. The van der Waals surface area contributed by atoms with Crippen molar-refractivity contribution in [3.63, 3.8) is 0 Å². The van der Waals surface area contributed by atoms with E-state index in [1.807, 2.05) is 6.92 Å². The molecule has 4 nitrogen and oxygen atoms in total. The highest BCUT2D eigenvalue weighted by molar-refractivity contribution is 5.74. The number of hydrogen-bond acceptors (Lipinski definition) is 4. The van der Waals surface area contributed by atoms with Crippen molar-refractivity contribution in [3.05, 3.63) is 53.2 Å². The van der Waals surface area contributed by atoms with E-state index in [2.05, 4.69) is 4.98 Å². The van der Waals surface area contributed by atoms with Crippen LogP contribution in [0.3, 0.4) is 0 Å². The van der Waals surface area contributed by atoms with E-state index in [4.69, 9.17) is 9.84 Å². The molecule has 0 bridgehead atoms. The molecule has 0 fully saturated rings. The third-order valence-corrected chi connectivity index (χ3v) is 2.51. The van der Waals surface area contributed by atoms with Crippen molar-refractivity contribution in [2.45, 2.75) is 13.5 Å². The van der Waals surface area contributed by atoms with Crippen molar-refractivity contribution in [1.82, 2.24) is 4.98 Å². The predicted molar refractivity (Wildman–Crippen MR) is 66.8 cm³/mol. The van der Waals surface area contributed by atoms with Crippen molar-refractivity contribution >= 4 is 6.29 Å². The summed E-state index contributed by atoms with van der Waals surface area (Å²) in [6.45, 7) is 1.84. The Morgan fingerprint density at radius 3 is 2.61 bits per heavy atom. The first kappa shape index (κ1) is 12.3. The van der Waals surface area contributed by atoms with Crippen molar-refractivity contribution < 1.29 is 14.6 Å². The van der Waals surface area contributed by atoms with Crippen LogP contribution in [-0.2, 0) is 6.61 Å². The summed E-state index contributed by atoms with van der Waals surface area (Å²) in [6, 6.07) is 8.81. The lowest BCUT2D eigenvalue weighted by atomic mass is 10.2. The Labute approximate surface area is 105 Å². The van der Waals surface area contributed by atoms with E-state index in [9.17, 15) is 4.79 Å². The van der Waals surface area contributed by atoms with E-state index in [0.717, 1.165) is 17.4 Å². The lowest BCUT2D eigenvalue weighted by Gasteiger charge is -2.08. The predicted octanol–water partition coefficient (Wildman–Crippen LogP) is 2.49. The molecule has 0 radical (unpaired) electrons. The molecule has 0 aliphatic carbocycles. The monoisotopic (exact) mass is 243 g/mol. The van der Waals surface area contributed by atoms with Gasteiger partial charge in [-0.05, 0) is 30.7 Å². The fourth-order valence-electron chi connectivity index (χ4n) is 1.53. The summed E-state index contributed by atoms with van der Waals surface area (Å²) < 4.78 is 5.60. The average molecular weight is 243 g/mol. The zero-order valence-corrected chi connectivity index (χ0v) is 9.96. The number of hydrogen-bond donors (Lipinski definition) is 1. The molecule has 4 heteroatoms. The maximum absolute atomic E-state index is 10.6. The molecule has 1 heterocycles. The number of carbonyl (C=O) groups is 1. The lowest BCUT2D eigenvalue weighted by Crippen LogP contribution is -1.93. The largest absolute Gasteiger partial charge is 0.439 e. The summed E-state index contributed by atoms with van der Waals surface area (Å²) in [5, 5.41) is 8.93. The summed E-state index contributed by atoms with van der Waals surface area (Å²) >= 11 is 0. The molecule has 2 aromatic rings. The minimum absolute atomic E-state index is 0.00555. The number of aldehydes is 1. The number of aromatic nitrogens is 1. The Hall–Kier alpha value is -2.20. The first-order valence-electron chi connectivity index (χ1n) is 5.52. The first-order valence-corrected chi connectivity index (χ1v) is 5.52. The molecule has 0 saturated heterocycles. The van der Waals surface area contributed by atoms with Gasteiger partial charge in [-0.2, -0.15) is 0 Å². The summed E-state index contributed by atoms with van der Waals surface area (Å²) in [7, 11) is 0. The minimum Gasteiger partial charge on any atom is -0.439 e. The summed E-state index contributed by atoms with van der Waals surface area (Å²) in [5.74, 6) is 1.11. The number of benzene rings is 1. The van der Waals surface area contributed by atoms with Gasteiger partial charge in [-0.3, -0.25) is 4.79 Å². The van der Waals surface area contributed by atoms with Crippen molar-refractivity contribution in [2.75, 3.05) is 0 Å². The van der Waals surface area contributed by atoms with Crippen LogP contribution in [0.2, 0.25) is 0 Å². The normalized spacial score (nSPS) is 10.1. The third-order valence-electron chi connectivity index (χ3n) is 2.51. The Morgan fingerprint density at radius 2 is 2.06 bits per heavy atom. The average Bonchev–Trinajstić information content (AvgIpc) is 2.42. The molecule has 0 unspecified atom stereocenters. The molecule has 18 heavy (non-hydrogen) atoms. The summed E-state index contributed by atoms with van der Waals surface area (Å²) in [4.78, 5) is 14.7. The molecule has 1 N–H and O–H groups in total. The highest BCUT2D eigenvalue weighted by Crippen LogP contribution is 2.23. The Kier molecular flexibility index (Phi) is 3.69. The number of aliphatic hydroxyl groups is 1. The Balaban J connectivity index is 2.19. The molecule has 0 saturated carbocycles. The maximum Gasteiger partial charge on any atom is 0.222 e. The van der Waals surface area contributed by atoms with Gasteiger partial charge in [0.05, 0.1) is 6.61 Å². The standard InChI is InChI=1S/C14H13NO3/c1-10-6-12(9-17)7-15-14(10)18-13-4-2-11(8-16)3-5-13/h2-7,9,16H,8H2,1H3. The molecular formula is C14H13NO3. The number of aryl methyl sites for hydroxylation is 1. The van der Waals surface area contributed by atoms with E-state index < -0.39 is 0 Å². The number of aliphatic hydroxyl groups excluding tert-OH is 1. The highest BCUT2D eigenvalue weighted by Gasteiger charge is 2.04. The summed E-state index contributed by atoms with van der Waals surface area (Å²) in [5.41, 5.74) is 2.14. The van der Waals surface area contributed by atoms with Gasteiger partial charge in [-0.1, -0.05) is 12.1 Å². The molecule has 0 spiro atoms. The number of ether oxygens (including phenoxy) is 1. The lowest BCUT2D eigenvalue weighted by molar-refractivity contribution is 0.112. The van der Waals surface area contributed by atoms with Crippen LogP contribution in [0.5, 0.6) is 11.6 Å². The fraction of sp³-hybridized carbons (Fsp3) is 0.143. The Morgan fingerprint density at radius 1 is 1.33 bits per heavy atom. The van der Waals surface area contributed by atoms with E-state index in [1.165, 1.54) is 6.20 Å². The van der Waals surface area contributed by atoms with E-state index in [-0.39, 0.29) is 6.61 Å². The van der Waals surface area contributed by atoms with Gasteiger partial charge in [0.2, 0.25) is 5.88 Å². The molecule has 0 aliphatic heterocycles. The van der Waals surface area contributed by atoms with Crippen LogP contribution in [0.25, 0.3) is 0 Å². The van der Waals surface area contributed by atoms with Crippen LogP contribution in [-0.4, -0.2) is 16.4 Å². The zero-order chi connectivity index (χ0) is 13.0. The summed E-state index contributed by atoms with van der Waals surface area (Å²) in [6.07, 6.45) is 2.22. The van der Waals surface area contributed by atoms with Gasteiger partial charge >= 0.3 is 0 Å². The van der Waals surface area contributed by atoms with Crippen LogP contribution >= 0.6 is 0 Å². The number of nitrogens with zero attached hydrogens (tertiary/aromatic N) is 1. The van der Waals surface area contributed by atoms with Gasteiger partial charge in [0.1, 0.15) is 5.75 Å². The second kappa shape index (κ2) is 5.42. The smallest absolute Gasteiger partial charge is 0.222 e. The van der Waals surface area contributed by atoms with Crippen LogP contribution in [0, 0.1) is 6.92 Å².